The van der Waals surface area contributed by atoms with Gasteiger partial charge in [0.1, 0.15) is 0 Å². The van der Waals surface area contributed by atoms with Gasteiger partial charge in [0.15, 0.2) is 0 Å². The molecule has 0 aliphatic carbocycles. The van der Waals surface area contributed by atoms with Gasteiger partial charge in [0.2, 0.25) is 0 Å². The monoisotopic (exact) mass is 433 g/mol. The Kier molecular flexibility index (Phi) is 9.50. The normalized spacial score (nSPS) is 21.2. The highest BCUT2D eigenvalue weighted by atomic mass is 32.2. The average Bonchev–Trinajstić information content (AvgIpc) is 3.25. The first-order valence-electron chi connectivity index (χ1n) is 11.5. The predicted molar refractivity (Wildman–Crippen MR) is 125 cm³/mol. The number of amides is 1. The van der Waals surface area contributed by atoms with Crippen LogP contribution in [0.3, 0.4) is 0 Å². The van der Waals surface area contributed by atoms with Gasteiger partial charge in [-0.1, -0.05) is 6.92 Å². The van der Waals surface area contributed by atoms with E-state index in [2.05, 4.69) is 40.0 Å². The highest BCUT2D eigenvalue weighted by molar-refractivity contribution is 7.98. The van der Waals surface area contributed by atoms with E-state index in [1.807, 2.05) is 12.1 Å². The van der Waals surface area contributed by atoms with Gasteiger partial charge in [0.25, 0.3) is 5.91 Å². The minimum atomic E-state index is 0.201. The van der Waals surface area contributed by atoms with E-state index < -0.39 is 0 Å². The van der Waals surface area contributed by atoms with Gasteiger partial charge in [-0.05, 0) is 88.3 Å². The molecule has 1 atom stereocenters. The van der Waals surface area contributed by atoms with Crippen LogP contribution in [-0.4, -0.2) is 92.4 Å². The first-order valence-corrected chi connectivity index (χ1v) is 12.8. The number of methoxy groups -OCH3 is 1. The van der Waals surface area contributed by atoms with Crippen LogP contribution in [0.1, 0.15) is 43.0 Å². The van der Waals surface area contributed by atoms with Gasteiger partial charge in [-0.25, -0.2) is 0 Å². The number of rotatable bonds is 10. The molecule has 1 unspecified atom stereocenters. The molecule has 168 valence electrons. The topological polar surface area (TPSA) is 36.0 Å². The Labute approximate surface area is 187 Å². The third-order valence-corrected chi connectivity index (χ3v) is 7.50. The molecule has 0 N–H and O–H groups in total. The summed E-state index contributed by atoms with van der Waals surface area (Å²) in [6.45, 7) is 10.3. The summed E-state index contributed by atoms with van der Waals surface area (Å²) < 4.78 is 5.23. The zero-order valence-corrected chi connectivity index (χ0v) is 19.8. The Balaban J connectivity index is 1.65. The molecule has 0 radical (unpaired) electrons. The quantitative estimate of drug-likeness (QED) is 0.526. The molecule has 0 saturated carbocycles. The second kappa shape index (κ2) is 12.1. The highest BCUT2D eigenvalue weighted by Crippen LogP contribution is 2.24. The van der Waals surface area contributed by atoms with Gasteiger partial charge in [0.05, 0.1) is 6.61 Å². The first kappa shape index (κ1) is 23.6. The zero-order valence-electron chi connectivity index (χ0n) is 19.0. The lowest BCUT2D eigenvalue weighted by atomic mass is 9.95. The van der Waals surface area contributed by atoms with Crippen LogP contribution in [0, 0.1) is 5.92 Å². The number of ether oxygens (including phenoxy) is 1. The summed E-state index contributed by atoms with van der Waals surface area (Å²) in [5, 5.41) is 0. The highest BCUT2D eigenvalue weighted by Gasteiger charge is 2.30. The van der Waals surface area contributed by atoms with Crippen molar-refractivity contribution >= 4 is 17.7 Å². The number of likely N-dealkylation sites (tertiary alicyclic amines) is 2. The maximum Gasteiger partial charge on any atom is 0.253 e. The molecule has 2 fully saturated rings. The Morgan fingerprint density at radius 3 is 2.50 bits per heavy atom. The lowest BCUT2D eigenvalue weighted by Crippen LogP contribution is -2.46. The Hall–Kier alpha value is -1.08. The van der Waals surface area contributed by atoms with Gasteiger partial charge in [-0.2, -0.15) is 0 Å². The molecule has 3 rings (SSSR count). The van der Waals surface area contributed by atoms with Crippen LogP contribution < -0.4 is 0 Å². The predicted octanol–water partition coefficient (Wildman–Crippen LogP) is 3.69. The number of hydrogen-bond donors (Lipinski definition) is 0. The third kappa shape index (κ3) is 6.46. The average molecular weight is 434 g/mol. The van der Waals surface area contributed by atoms with Gasteiger partial charge >= 0.3 is 0 Å². The Morgan fingerprint density at radius 1 is 1.13 bits per heavy atom. The third-order valence-electron chi connectivity index (χ3n) is 6.76. The minimum absolute atomic E-state index is 0.201. The summed E-state index contributed by atoms with van der Waals surface area (Å²) in [7, 11) is 1.77. The number of benzene rings is 1. The number of piperidine rings is 1. The van der Waals surface area contributed by atoms with E-state index >= 15 is 0 Å². The largest absolute Gasteiger partial charge is 0.383 e. The Morgan fingerprint density at radius 2 is 1.87 bits per heavy atom. The van der Waals surface area contributed by atoms with Crippen molar-refractivity contribution in [1.82, 2.24) is 14.7 Å². The van der Waals surface area contributed by atoms with E-state index in [0.29, 0.717) is 12.0 Å². The van der Waals surface area contributed by atoms with Crippen LogP contribution in [0.25, 0.3) is 0 Å². The van der Waals surface area contributed by atoms with E-state index in [1.165, 1.54) is 37.1 Å². The first-order chi connectivity index (χ1) is 14.6. The molecule has 1 aromatic rings. The van der Waals surface area contributed by atoms with Crippen molar-refractivity contribution in [2.75, 3.05) is 65.8 Å². The molecule has 2 heterocycles. The summed E-state index contributed by atoms with van der Waals surface area (Å²) in [4.78, 5) is 21.9. The molecule has 2 aliphatic rings. The number of carbonyl (C=O) groups is 1. The van der Waals surface area contributed by atoms with Crippen molar-refractivity contribution in [3.05, 3.63) is 29.8 Å². The van der Waals surface area contributed by atoms with Crippen molar-refractivity contribution in [2.24, 2.45) is 5.92 Å². The fourth-order valence-corrected chi connectivity index (χ4v) is 5.26. The second-order valence-corrected chi connectivity index (χ2v) is 9.52. The fraction of sp³-hybridized carbons (Fsp3) is 0.708. The van der Waals surface area contributed by atoms with Gasteiger partial charge in [-0.15, -0.1) is 11.8 Å². The summed E-state index contributed by atoms with van der Waals surface area (Å²) >= 11 is 1.72. The van der Waals surface area contributed by atoms with Crippen molar-refractivity contribution < 1.29 is 9.53 Å². The van der Waals surface area contributed by atoms with Crippen molar-refractivity contribution in [2.45, 2.75) is 43.5 Å². The van der Waals surface area contributed by atoms with Crippen LogP contribution in [0.15, 0.2) is 29.2 Å². The van der Waals surface area contributed by atoms with Gasteiger partial charge in [-0.3, -0.25) is 9.69 Å². The van der Waals surface area contributed by atoms with Crippen LogP contribution in [0.5, 0.6) is 0 Å². The van der Waals surface area contributed by atoms with Crippen LogP contribution in [-0.2, 0) is 4.74 Å². The maximum atomic E-state index is 13.5. The number of nitrogens with zero attached hydrogens (tertiary/aromatic N) is 3. The van der Waals surface area contributed by atoms with Crippen LogP contribution in [0.4, 0.5) is 0 Å². The number of carbonyl (C=O) groups excluding carboxylic acids is 1. The molecule has 0 spiro atoms. The summed E-state index contributed by atoms with van der Waals surface area (Å²) in [6.07, 6.45) is 6.86. The fourth-order valence-electron chi connectivity index (χ4n) is 4.85. The summed E-state index contributed by atoms with van der Waals surface area (Å²) in [5.41, 5.74) is 0.825. The molecular weight excluding hydrogens is 394 g/mol. The number of thioether (sulfide) groups is 1. The minimum Gasteiger partial charge on any atom is -0.383 e. The lowest BCUT2D eigenvalue weighted by molar-refractivity contribution is 0.0616. The summed E-state index contributed by atoms with van der Waals surface area (Å²) in [5.74, 6) is 0.794. The molecule has 6 heteroatoms. The smallest absolute Gasteiger partial charge is 0.253 e. The lowest BCUT2D eigenvalue weighted by Gasteiger charge is -2.36. The molecule has 2 aliphatic heterocycles. The molecule has 1 aromatic carbocycles. The zero-order chi connectivity index (χ0) is 21.3. The Bertz CT molecular complexity index is 646. The summed E-state index contributed by atoms with van der Waals surface area (Å²) in [6, 6.07) is 8.64. The van der Waals surface area contributed by atoms with Crippen LogP contribution >= 0.6 is 11.8 Å². The van der Waals surface area contributed by atoms with Crippen molar-refractivity contribution in [1.29, 1.82) is 0 Å². The molecule has 30 heavy (non-hydrogen) atoms. The van der Waals surface area contributed by atoms with E-state index in [9.17, 15) is 4.79 Å². The maximum absolute atomic E-state index is 13.5. The van der Waals surface area contributed by atoms with Crippen molar-refractivity contribution in [3.63, 3.8) is 0 Å². The van der Waals surface area contributed by atoms with E-state index in [1.54, 1.807) is 18.9 Å². The van der Waals surface area contributed by atoms with Gasteiger partial charge < -0.3 is 14.5 Å². The number of hydrogen-bond acceptors (Lipinski definition) is 5. The molecule has 0 aromatic heterocycles. The van der Waals surface area contributed by atoms with E-state index in [4.69, 9.17) is 4.74 Å². The molecule has 0 bridgehead atoms. The molecule has 1 amide bonds. The molecule has 5 nitrogen and oxygen atoms in total. The van der Waals surface area contributed by atoms with E-state index in [-0.39, 0.29) is 5.91 Å². The van der Waals surface area contributed by atoms with E-state index in [0.717, 1.165) is 51.4 Å². The van der Waals surface area contributed by atoms with Crippen LogP contribution in [0.2, 0.25) is 0 Å². The number of likely N-dealkylation sites (N-methyl/N-ethyl adjacent to an activating group) is 1. The van der Waals surface area contributed by atoms with Gasteiger partial charge in [0, 0.05) is 43.2 Å². The second-order valence-electron chi connectivity index (χ2n) is 8.64. The SMILES string of the molecule is CCN1CCCC1CN(CC1CCN(CCOC)CC1)C(=O)c1ccc(SC)cc1. The molecular formula is C24H39N3O2S. The molecule has 2 saturated heterocycles. The van der Waals surface area contributed by atoms with Crippen molar-refractivity contribution in [3.8, 4) is 0 Å². The standard InChI is InChI=1S/C24H39N3O2S/c1-4-26-13-5-6-22(26)19-27(24(28)21-7-9-23(30-3)10-8-21)18-20-11-14-25(15-12-20)16-17-29-2/h7-10,20,22H,4-6,11-19H2,1-3H3.